The summed E-state index contributed by atoms with van der Waals surface area (Å²) in [7, 11) is 0. The molecular formula is C14H20Br6. The lowest BCUT2D eigenvalue weighted by atomic mass is 9.70. The first-order chi connectivity index (χ1) is 9.32. The highest BCUT2D eigenvalue weighted by atomic mass is 79.9. The van der Waals surface area contributed by atoms with Crippen LogP contribution >= 0.6 is 95.6 Å². The maximum atomic E-state index is 4.20. The van der Waals surface area contributed by atoms with Gasteiger partial charge in [0.15, 0.2) is 0 Å². The zero-order valence-corrected chi connectivity index (χ0v) is 20.8. The highest BCUT2D eigenvalue weighted by Gasteiger charge is 2.64. The molecule has 118 valence electrons. The Morgan fingerprint density at radius 3 is 1.55 bits per heavy atom. The van der Waals surface area contributed by atoms with E-state index in [9.17, 15) is 0 Å². The number of alkyl halides is 6. The Balaban J connectivity index is 2.41. The molecule has 0 N–H and O–H groups in total. The van der Waals surface area contributed by atoms with Crippen LogP contribution in [0.5, 0.6) is 0 Å². The lowest BCUT2D eigenvalue weighted by molar-refractivity contribution is 0.274. The monoisotopic (exact) mass is 662 g/mol. The molecule has 0 heterocycles. The highest BCUT2D eigenvalue weighted by molar-refractivity contribution is 9.16. The fourth-order valence-electron chi connectivity index (χ4n) is 3.64. The molecule has 0 radical (unpaired) electrons. The van der Waals surface area contributed by atoms with Gasteiger partial charge in [0.2, 0.25) is 0 Å². The van der Waals surface area contributed by atoms with Crippen LogP contribution in [0.25, 0.3) is 0 Å². The third kappa shape index (κ3) is 3.07. The Labute approximate surface area is 173 Å². The van der Waals surface area contributed by atoms with E-state index in [1.54, 1.807) is 0 Å². The van der Waals surface area contributed by atoms with E-state index in [4.69, 9.17) is 0 Å². The largest absolute Gasteiger partial charge is 0.0912 e. The van der Waals surface area contributed by atoms with Crippen LogP contribution in [0.1, 0.15) is 51.4 Å². The normalized spacial score (nSPS) is 45.9. The van der Waals surface area contributed by atoms with Crippen LogP contribution in [0.3, 0.4) is 0 Å². The Bertz CT molecular complexity index is 321. The Hall–Kier alpha value is 2.88. The summed E-state index contributed by atoms with van der Waals surface area (Å²) < 4.78 is 0.0966. The van der Waals surface area contributed by atoms with Gasteiger partial charge in [-0.15, -0.1) is 0 Å². The first-order valence-corrected chi connectivity index (χ1v) is 12.6. The molecular weight excluding hydrogens is 648 g/mol. The molecule has 2 aliphatic rings. The van der Waals surface area contributed by atoms with Gasteiger partial charge in [-0.3, -0.25) is 0 Å². The van der Waals surface area contributed by atoms with Gasteiger partial charge in [0.1, 0.15) is 0 Å². The Morgan fingerprint density at radius 1 is 0.850 bits per heavy atom. The number of halogens is 6. The average Bonchev–Trinajstić information content (AvgIpc) is 2.44. The maximum absolute atomic E-state index is 4.20. The van der Waals surface area contributed by atoms with Crippen molar-refractivity contribution in [3.63, 3.8) is 0 Å². The van der Waals surface area contributed by atoms with Gasteiger partial charge in [-0.2, -0.15) is 0 Å². The van der Waals surface area contributed by atoms with Crippen molar-refractivity contribution in [2.24, 2.45) is 0 Å². The molecule has 0 bridgehead atoms. The van der Waals surface area contributed by atoms with E-state index in [1.807, 2.05) is 0 Å². The van der Waals surface area contributed by atoms with Gasteiger partial charge in [0.05, 0.1) is 13.0 Å². The molecule has 0 saturated heterocycles. The Morgan fingerprint density at radius 2 is 1.25 bits per heavy atom. The summed E-state index contributed by atoms with van der Waals surface area (Å²) in [5.74, 6) is 0. The number of rotatable bonds is 3. The molecule has 2 aliphatic carbocycles. The van der Waals surface area contributed by atoms with E-state index in [0.717, 1.165) is 5.33 Å². The van der Waals surface area contributed by atoms with E-state index < -0.39 is 0 Å². The topological polar surface area (TPSA) is 0 Å². The van der Waals surface area contributed by atoms with Crippen molar-refractivity contribution in [1.29, 1.82) is 0 Å². The molecule has 0 aromatic rings. The number of hydrogen-bond acceptors (Lipinski definition) is 0. The fourth-order valence-corrected chi connectivity index (χ4v) is 11.1. The summed E-state index contributed by atoms with van der Waals surface area (Å²) >= 11 is 24.3. The summed E-state index contributed by atoms with van der Waals surface area (Å²) in [6.07, 6.45) is 10.1. The van der Waals surface area contributed by atoms with Crippen LogP contribution in [-0.4, -0.2) is 28.0 Å². The molecule has 20 heavy (non-hydrogen) atoms. The Kier molecular flexibility index (Phi) is 7.12. The van der Waals surface area contributed by atoms with Crippen LogP contribution in [0, 0.1) is 0 Å². The van der Waals surface area contributed by atoms with E-state index in [2.05, 4.69) is 95.6 Å². The predicted molar refractivity (Wildman–Crippen MR) is 111 cm³/mol. The fraction of sp³-hybridized carbons (Fsp3) is 1.00. The van der Waals surface area contributed by atoms with Crippen molar-refractivity contribution in [3.8, 4) is 0 Å². The lowest BCUT2D eigenvalue weighted by Gasteiger charge is -2.58. The van der Waals surface area contributed by atoms with Gasteiger partial charge >= 0.3 is 0 Å². The molecule has 0 spiro atoms. The predicted octanol–water partition coefficient (Wildman–Crippen LogP) is 7.46. The molecule has 2 saturated carbocycles. The summed E-state index contributed by atoms with van der Waals surface area (Å²) in [4.78, 5) is 0.994. The minimum Gasteiger partial charge on any atom is -0.0912 e. The minimum absolute atomic E-state index is 0.0316. The highest BCUT2D eigenvalue weighted by Crippen LogP contribution is 2.62. The average molecular weight is 668 g/mol. The van der Waals surface area contributed by atoms with Gasteiger partial charge < -0.3 is 0 Å². The molecule has 2 fully saturated rings. The molecule has 0 amide bonds. The third-order valence-corrected chi connectivity index (χ3v) is 16.3. The second-order valence-electron chi connectivity index (χ2n) is 6.09. The van der Waals surface area contributed by atoms with Crippen LogP contribution in [0.15, 0.2) is 0 Å². The van der Waals surface area contributed by atoms with Crippen LogP contribution < -0.4 is 0 Å². The second kappa shape index (κ2) is 7.41. The molecule has 4 unspecified atom stereocenters. The van der Waals surface area contributed by atoms with Gasteiger partial charge in [-0.05, 0) is 25.7 Å². The van der Waals surface area contributed by atoms with Crippen LogP contribution in [0.2, 0.25) is 0 Å². The summed E-state index contributed by atoms with van der Waals surface area (Å²) in [6.45, 7) is 0. The molecule has 4 atom stereocenters. The zero-order valence-electron chi connectivity index (χ0n) is 11.3. The first kappa shape index (κ1) is 19.2. The minimum atomic E-state index is -0.0316. The SMILES string of the molecule is BrCC(Br)(C1(Br)CCCCC1Br)C1(Br)CCCCC1Br. The van der Waals surface area contributed by atoms with Crippen molar-refractivity contribution >= 4 is 95.6 Å². The van der Waals surface area contributed by atoms with Crippen molar-refractivity contribution in [2.75, 3.05) is 5.33 Å². The van der Waals surface area contributed by atoms with Crippen molar-refractivity contribution in [3.05, 3.63) is 0 Å². The zero-order chi connectivity index (χ0) is 15.0. The van der Waals surface area contributed by atoms with Crippen LogP contribution in [-0.2, 0) is 0 Å². The van der Waals surface area contributed by atoms with Crippen LogP contribution in [0.4, 0.5) is 0 Å². The van der Waals surface area contributed by atoms with E-state index in [1.165, 1.54) is 51.4 Å². The lowest BCUT2D eigenvalue weighted by Crippen LogP contribution is -2.67. The molecule has 0 aromatic carbocycles. The second-order valence-corrected chi connectivity index (χ2v) is 13.0. The van der Waals surface area contributed by atoms with E-state index >= 15 is 0 Å². The smallest absolute Gasteiger partial charge is 0.0681 e. The van der Waals surface area contributed by atoms with Gasteiger partial charge in [0, 0.05) is 15.0 Å². The standard InChI is InChI=1S/C14H20Br6/c15-9-14(20,12(18)7-3-1-5-10(12)16)13(19)8-4-2-6-11(13)17/h10-11H,1-9H2. The van der Waals surface area contributed by atoms with E-state index in [-0.39, 0.29) is 13.0 Å². The molecule has 0 aliphatic heterocycles. The molecule has 2 rings (SSSR count). The summed E-state index contributed by atoms with van der Waals surface area (Å²) in [5.41, 5.74) is 0. The van der Waals surface area contributed by atoms with Crippen molar-refractivity contribution in [1.82, 2.24) is 0 Å². The first-order valence-electron chi connectivity index (χ1n) is 7.23. The van der Waals surface area contributed by atoms with Gasteiger partial charge in [0.25, 0.3) is 0 Å². The maximum Gasteiger partial charge on any atom is 0.0681 e. The summed E-state index contributed by atoms with van der Waals surface area (Å²) in [6, 6.07) is 0. The third-order valence-electron chi connectivity index (χ3n) is 4.99. The number of hydrogen-bond donors (Lipinski definition) is 0. The van der Waals surface area contributed by atoms with Crippen molar-refractivity contribution in [2.45, 2.75) is 74.0 Å². The van der Waals surface area contributed by atoms with Gasteiger partial charge in [-0.1, -0.05) is 121 Å². The van der Waals surface area contributed by atoms with Crippen molar-refractivity contribution < 1.29 is 0 Å². The van der Waals surface area contributed by atoms with Gasteiger partial charge in [-0.25, -0.2) is 0 Å². The molecule has 0 aromatic heterocycles. The molecule has 0 nitrogen and oxygen atoms in total. The molecule has 6 heteroatoms. The quantitative estimate of drug-likeness (QED) is 0.275. The van der Waals surface area contributed by atoms with E-state index in [0.29, 0.717) is 9.65 Å². The summed E-state index contributed by atoms with van der Waals surface area (Å²) in [5, 5.41) is 0.931.